The van der Waals surface area contributed by atoms with Crippen molar-refractivity contribution in [3.8, 4) is 0 Å². The summed E-state index contributed by atoms with van der Waals surface area (Å²) in [6.45, 7) is 1.83. The van der Waals surface area contributed by atoms with E-state index in [0.717, 1.165) is 53.4 Å². The van der Waals surface area contributed by atoms with E-state index in [9.17, 15) is 40.2 Å². The first kappa shape index (κ1) is 36.3. The lowest BCUT2D eigenvalue weighted by atomic mass is 9.92. The summed E-state index contributed by atoms with van der Waals surface area (Å²) < 4.78 is 120. The van der Waals surface area contributed by atoms with Gasteiger partial charge in [-0.05, 0) is 35.8 Å². The second kappa shape index (κ2) is 14.9. The molecule has 0 aliphatic rings. The largest absolute Gasteiger partial charge is 0.376 e. The maximum atomic E-state index is 14.8. The lowest BCUT2D eigenvalue weighted by molar-refractivity contribution is -0.161. The van der Waals surface area contributed by atoms with Crippen molar-refractivity contribution < 1.29 is 45.0 Å². The molecule has 246 valence electrons. The van der Waals surface area contributed by atoms with Crippen LogP contribution in [0.25, 0.3) is 0 Å². The number of nitrogens with zero attached hydrogens (tertiary/aromatic N) is 6. The molecule has 0 radical (unpaired) electrons. The summed E-state index contributed by atoms with van der Waals surface area (Å²) in [5.41, 5.74) is -6.41. The van der Waals surface area contributed by atoms with E-state index in [1.54, 1.807) is 6.92 Å². The Balaban J connectivity index is 0.000000246. The topological polar surface area (TPSA) is 90.9 Å². The summed E-state index contributed by atoms with van der Waals surface area (Å²) in [6.07, 6.45) is 4.63. The summed E-state index contributed by atoms with van der Waals surface area (Å²) in [6, 6.07) is 4.52. The quantitative estimate of drug-likeness (QED) is 0.166. The molecule has 8 nitrogen and oxygen atoms in total. The van der Waals surface area contributed by atoms with Gasteiger partial charge in [0.2, 0.25) is 0 Å². The number of benzene rings is 2. The minimum Gasteiger partial charge on any atom is -0.376 e. The minimum atomic E-state index is -3.72. The van der Waals surface area contributed by atoms with Gasteiger partial charge in [-0.3, -0.25) is 0 Å². The first-order chi connectivity index (χ1) is 21.2. The number of hydrogen-bond donors (Lipinski definition) is 1. The number of hydrogen-bond acceptors (Lipinski definition) is 8. The van der Waals surface area contributed by atoms with Gasteiger partial charge in [0.1, 0.15) is 48.6 Å². The van der Waals surface area contributed by atoms with Crippen LogP contribution < -0.4 is 0 Å². The standard InChI is InChI=1S/C14H15F4N3OS.C13H13F4N3OS/c1-3-23-14(17,18)13(22-2,7-21-9-19-8-20-21)11-5-4-10(15)6-12(11)16;1-2-22-13(16,17)12(21,6-20-8-18-7-19-20)10-4-3-9(14)5-11(10)15/h4-6,8-9H,3,7H2,1-2H3;3-5,7-8,21H,2,6H2,1H3. The summed E-state index contributed by atoms with van der Waals surface area (Å²) >= 11 is 0.479. The molecule has 2 heterocycles. The Morgan fingerprint density at radius 1 is 0.733 bits per heavy atom. The average molecular weight is 685 g/mol. The number of methoxy groups -OCH3 is 1. The highest BCUT2D eigenvalue weighted by atomic mass is 32.2. The van der Waals surface area contributed by atoms with Crippen molar-refractivity contribution in [2.75, 3.05) is 18.6 Å². The molecule has 1 N–H and O–H groups in total. The molecule has 2 aromatic carbocycles. The average Bonchev–Trinajstić information content (AvgIpc) is 3.66. The summed E-state index contributed by atoms with van der Waals surface area (Å²) in [4.78, 5) is 7.29. The minimum absolute atomic E-state index is 0.00448. The Morgan fingerprint density at radius 2 is 1.20 bits per heavy atom. The fraction of sp³-hybridized carbons (Fsp3) is 0.407. The normalized spacial score (nSPS) is 14.8. The van der Waals surface area contributed by atoms with Gasteiger partial charge in [-0.2, -0.15) is 27.8 Å². The molecule has 2 atom stereocenters. The van der Waals surface area contributed by atoms with E-state index in [-0.39, 0.29) is 23.3 Å². The number of aliphatic hydroxyl groups is 1. The molecule has 0 saturated carbocycles. The molecule has 18 heteroatoms. The molecule has 0 saturated heterocycles. The molecular formula is C27H28F8N6O2S2. The maximum absolute atomic E-state index is 14.8. The Hall–Kier alpha value is -3.22. The zero-order valence-electron chi connectivity index (χ0n) is 24.0. The third-order valence-electron chi connectivity index (χ3n) is 6.40. The number of aromatic nitrogens is 6. The van der Waals surface area contributed by atoms with Crippen molar-refractivity contribution in [1.29, 1.82) is 0 Å². The van der Waals surface area contributed by atoms with Crippen molar-refractivity contribution in [1.82, 2.24) is 29.5 Å². The smallest absolute Gasteiger partial charge is 0.328 e. The van der Waals surface area contributed by atoms with Crippen LogP contribution in [-0.4, -0.2) is 63.8 Å². The second-order valence-corrected chi connectivity index (χ2v) is 12.0. The Bertz CT molecular complexity index is 1520. The molecule has 4 rings (SSSR count). The fourth-order valence-electron chi connectivity index (χ4n) is 4.29. The van der Waals surface area contributed by atoms with Gasteiger partial charge in [-0.1, -0.05) is 37.4 Å². The van der Waals surface area contributed by atoms with Crippen LogP contribution >= 0.6 is 23.5 Å². The van der Waals surface area contributed by atoms with Crippen LogP contribution in [0.5, 0.6) is 0 Å². The van der Waals surface area contributed by atoms with Crippen LogP contribution in [0.3, 0.4) is 0 Å². The van der Waals surface area contributed by atoms with E-state index in [1.165, 1.54) is 19.6 Å². The van der Waals surface area contributed by atoms with Gasteiger partial charge in [-0.25, -0.2) is 36.9 Å². The zero-order valence-corrected chi connectivity index (χ0v) is 25.6. The molecule has 0 fully saturated rings. The summed E-state index contributed by atoms with van der Waals surface area (Å²) in [5.74, 6) is -4.06. The predicted molar refractivity (Wildman–Crippen MR) is 152 cm³/mol. The highest BCUT2D eigenvalue weighted by molar-refractivity contribution is 8.00. The molecule has 4 aromatic rings. The van der Waals surface area contributed by atoms with Crippen molar-refractivity contribution >= 4 is 23.5 Å². The third-order valence-corrected chi connectivity index (χ3v) is 8.37. The number of halogens is 8. The van der Waals surface area contributed by atoms with Crippen LogP contribution in [0, 0.1) is 23.3 Å². The third kappa shape index (κ3) is 7.96. The van der Waals surface area contributed by atoms with E-state index in [0.29, 0.717) is 23.9 Å². The summed E-state index contributed by atoms with van der Waals surface area (Å²) in [7, 11) is 1.06. The van der Waals surface area contributed by atoms with Crippen molar-refractivity contribution in [3.63, 3.8) is 0 Å². The van der Waals surface area contributed by atoms with Gasteiger partial charge in [0.05, 0.1) is 13.1 Å². The Labute approximate surface area is 261 Å². The number of rotatable bonds is 13. The second-order valence-electron chi connectivity index (χ2n) is 9.23. The Kier molecular flexibility index (Phi) is 12.0. The molecule has 2 unspecified atom stereocenters. The number of ether oxygens (including phenoxy) is 1. The molecule has 0 amide bonds. The summed E-state index contributed by atoms with van der Waals surface area (Å²) in [5, 5.41) is 10.8. The lowest BCUT2D eigenvalue weighted by Crippen LogP contribution is -2.49. The van der Waals surface area contributed by atoms with Crippen LogP contribution in [0.2, 0.25) is 0 Å². The predicted octanol–water partition coefficient (Wildman–Crippen LogP) is 6.23. The zero-order chi connectivity index (χ0) is 33.5. The van der Waals surface area contributed by atoms with E-state index in [1.807, 2.05) is 0 Å². The van der Waals surface area contributed by atoms with E-state index in [2.05, 4.69) is 20.2 Å². The molecule has 0 aliphatic heterocycles. The molecular weight excluding hydrogens is 656 g/mol. The highest BCUT2D eigenvalue weighted by Crippen LogP contribution is 2.50. The first-order valence-electron chi connectivity index (χ1n) is 13.0. The molecule has 0 spiro atoms. The van der Waals surface area contributed by atoms with Gasteiger partial charge < -0.3 is 9.84 Å². The van der Waals surface area contributed by atoms with Gasteiger partial charge in [0.15, 0.2) is 11.2 Å². The molecule has 2 aromatic heterocycles. The van der Waals surface area contributed by atoms with Crippen molar-refractivity contribution in [2.45, 2.75) is 48.6 Å². The first-order valence-corrected chi connectivity index (χ1v) is 15.0. The van der Waals surface area contributed by atoms with Crippen molar-refractivity contribution in [3.05, 3.63) is 96.1 Å². The van der Waals surface area contributed by atoms with Crippen molar-refractivity contribution in [2.24, 2.45) is 0 Å². The highest BCUT2D eigenvalue weighted by Gasteiger charge is 2.58. The SMILES string of the molecule is CCSC(F)(F)C(Cn1cncn1)(OC)c1ccc(F)cc1F.CCSC(F)(F)C(O)(Cn1cncn1)c1ccc(F)cc1F. The van der Waals surface area contributed by atoms with E-state index < -0.39 is 69.2 Å². The van der Waals surface area contributed by atoms with Crippen LogP contribution in [0.15, 0.2) is 61.7 Å². The van der Waals surface area contributed by atoms with Gasteiger partial charge in [0, 0.05) is 30.4 Å². The van der Waals surface area contributed by atoms with Crippen LogP contribution in [0.1, 0.15) is 25.0 Å². The number of alkyl halides is 4. The van der Waals surface area contributed by atoms with Gasteiger partial charge >= 0.3 is 10.5 Å². The van der Waals surface area contributed by atoms with Crippen LogP contribution in [-0.2, 0) is 29.0 Å². The van der Waals surface area contributed by atoms with Gasteiger partial charge in [0.25, 0.3) is 0 Å². The van der Waals surface area contributed by atoms with E-state index >= 15 is 0 Å². The van der Waals surface area contributed by atoms with E-state index in [4.69, 9.17) is 4.74 Å². The fourth-order valence-corrected chi connectivity index (χ4v) is 5.92. The Morgan fingerprint density at radius 3 is 1.62 bits per heavy atom. The molecule has 0 bridgehead atoms. The lowest BCUT2D eigenvalue weighted by Gasteiger charge is -2.38. The number of thioether (sulfide) groups is 2. The maximum Gasteiger partial charge on any atom is 0.328 e. The molecule has 0 aliphatic carbocycles. The molecule has 45 heavy (non-hydrogen) atoms. The monoisotopic (exact) mass is 684 g/mol. The van der Waals surface area contributed by atoms with Crippen LogP contribution in [0.4, 0.5) is 35.1 Å². The van der Waals surface area contributed by atoms with Gasteiger partial charge in [-0.15, -0.1) is 0 Å².